The average molecular weight is 446 g/mol. The number of carbonyl (C=O) groups is 2. The van der Waals surface area contributed by atoms with Crippen molar-refractivity contribution in [3.05, 3.63) is 81.3 Å². The van der Waals surface area contributed by atoms with E-state index < -0.39 is 0 Å². The number of aryl methyl sites for hydroxylation is 1. The summed E-state index contributed by atoms with van der Waals surface area (Å²) in [6, 6.07) is 15.7. The van der Waals surface area contributed by atoms with Gasteiger partial charge >= 0.3 is 0 Å². The van der Waals surface area contributed by atoms with Crippen molar-refractivity contribution in [1.29, 1.82) is 0 Å². The van der Waals surface area contributed by atoms with Gasteiger partial charge in [-0.2, -0.15) is 0 Å². The summed E-state index contributed by atoms with van der Waals surface area (Å²) in [6.45, 7) is 1.99. The zero-order valence-electron chi connectivity index (χ0n) is 13.4. The number of rotatable bonds is 4. The predicted molar refractivity (Wildman–Crippen MR) is 105 cm³/mol. The largest absolute Gasteiger partial charge is 0.459 e. The standard InChI is InChI=1S/C19H15IN2O3/c1-12-7-8-13(10-16(12)20)18(23)21-14-4-2-5-15(11-14)22-19(24)17-6-3-9-25-17/h2-11H,1H3,(H,21,23)(H,22,24). The number of carbonyl (C=O) groups excluding carboxylic acids is 2. The Morgan fingerprint density at radius 2 is 1.64 bits per heavy atom. The fraction of sp³-hybridized carbons (Fsp3) is 0.0526. The third kappa shape index (κ3) is 4.27. The Bertz CT molecular complexity index is 920. The van der Waals surface area contributed by atoms with E-state index in [2.05, 4.69) is 33.2 Å². The number of halogens is 1. The van der Waals surface area contributed by atoms with Crippen molar-refractivity contribution in [2.45, 2.75) is 6.92 Å². The molecule has 5 nitrogen and oxygen atoms in total. The first-order chi connectivity index (χ1) is 12.0. The summed E-state index contributed by atoms with van der Waals surface area (Å²) in [5.41, 5.74) is 2.87. The highest BCUT2D eigenvalue weighted by molar-refractivity contribution is 14.1. The van der Waals surface area contributed by atoms with Gasteiger partial charge in [0.15, 0.2) is 5.76 Å². The molecular weight excluding hydrogens is 431 g/mol. The van der Waals surface area contributed by atoms with Crippen molar-refractivity contribution >= 4 is 45.8 Å². The number of amides is 2. The minimum Gasteiger partial charge on any atom is -0.459 e. The van der Waals surface area contributed by atoms with Crippen LogP contribution < -0.4 is 10.6 Å². The first kappa shape index (κ1) is 17.2. The van der Waals surface area contributed by atoms with E-state index in [-0.39, 0.29) is 17.6 Å². The third-order valence-corrected chi connectivity index (χ3v) is 4.72. The number of hydrogen-bond acceptors (Lipinski definition) is 3. The lowest BCUT2D eigenvalue weighted by Gasteiger charge is -2.09. The molecule has 6 heteroatoms. The topological polar surface area (TPSA) is 71.3 Å². The van der Waals surface area contributed by atoms with Crippen LogP contribution in [0.4, 0.5) is 11.4 Å². The van der Waals surface area contributed by atoms with Crippen LogP contribution in [0.1, 0.15) is 26.5 Å². The number of anilines is 2. The van der Waals surface area contributed by atoms with Crippen LogP contribution >= 0.6 is 22.6 Å². The van der Waals surface area contributed by atoms with Gasteiger partial charge in [-0.05, 0) is 77.5 Å². The zero-order chi connectivity index (χ0) is 17.8. The molecule has 0 aliphatic carbocycles. The van der Waals surface area contributed by atoms with E-state index in [1.807, 2.05) is 19.1 Å². The Morgan fingerprint density at radius 1 is 0.920 bits per heavy atom. The molecule has 2 N–H and O–H groups in total. The van der Waals surface area contributed by atoms with E-state index in [4.69, 9.17) is 4.42 Å². The summed E-state index contributed by atoms with van der Waals surface area (Å²) < 4.78 is 6.09. The number of nitrogens with one attached hydrogen (secondary N) is 2. The highest BCUT2D eigenvalue weighted by Crippen LogP contribution is 2.19. The Morgan fingerprint density at radius 3 is 2.28 bits per heavy atom. The number of hydrogen-bond donors (Lipinski definition) is 2. The van der Waals surface area contributed by atoms with Crippen molar-refractivity contribution in [2.75, 3.05) is 10.6 Å². The second-order valence-corrected chi connectivity index (χ2v) is 6.59. The van der Waals surface area contributed by atoms with Gasteiger partial charge in [-0.15, -0.1) is 0 Å². The van der Waals surface area contributed by atoms with E-state index in [0.29, 0.717) is 16.9 Å². The Kier molecular flexibility index (Phi) is 5.18. The molecule has 0 saturated heterocycles. The number of benzene rings is 2. The first-order valence-electron chi connectivity index (χ1n) is 7.55. The van der Waals surface area contributed by atoms with Crippen LogP contribution in [0.15, 0.2) is 65.3 Å². The summed E-state index contributed by atoms with van der Waals surface area (Å²) in [6.07, 6.45) is 1.44. The second kappa shape index (κ2) is 7.52. The van der Waals surface area contributed by atoms with Crippen molar-refractivity contribution in [2.24, 2.45) is 0 Å². The van der Waals surface area contributed by atoms with Gasteiger partial charge in [-0.3, -0.25) is 9.59 Å². The maximum Gasteiger partial charge on any atom is 0.291 e. The van der Waals surface area contributed by atoms with Crippen LogP contribution in [0, 0.1) is 10.5 Å². The fourth-order valence-corrected chi connectivity index (χ4v) is 2.73. The fourth-order valence-electron chi connectivity index (χ4n) is 2.21. The molecule has 0 bridgehead atoms. The van der Waals surface area contributed by atoms with Crippen molar-refractivity contribution in [3.8, 4) is 0 Å². The number of furan rings is 1. The molecule has 0 saturated carbocycles. The van der Waals surface area contributed by atoms with Gasteiger partial charge < -0.3 is 15.1 Å². The monoisotopic (exact) mass is 446 g/mol. The van der Waals surface area contributed by atoms with Gasteiger partial charge in [0.05, 0.1) is 6.26 Å². The van der Waals surface area contributed by atoms with Crippen LogP contribution in [0.3, 0.4) is 0 Å². The van der Waals surface area contributed by atoms with E-state index >= 15 is 0 Å². The molecule has 0 aliphatic heterocycles. The summed E-state index contributed by atoms with van der Waals surface area (Å²) >= 11 is 2.20. The van der Waals surface area contributed by atoms with Crippen LogP contribution in [0.5, 0.6) is 0 Å². The molecule has 3 aromatic rings. The van der Waals surface area contributed by atoms with Crippen LogP contribution in [-0.2, 0) is 0 Å². The van der Waals surface area contributed by atoms with E-state index in [0.717, 1.165) is 9.13 Å². The Labute approximate surface area is 158 Å². The third-order valence-electron chi connectivity index (χ3n) is 3.56. The highest BCUT2D eigenvalue weighted by Gasteiger charge is 2.11. The molecule has 0 spiro atoms. The van der Waals surface area contributed by atoms with Crippen molar-refractivity contribution < 1.29 is 14.0 Å². The van der Waals surface area contributed by atoms with Gasteiger partial charge in [-0.25, -0.2) is 0 Å². The molecule has 0 fully saturated rings. The lowest BCUT2D eigenvalue weighted by molar-refractivity contribution is 0.0995. The molecule has 0 atom stereocenters. The SMILES string of the molecule is Cc1ccc(C(=O)Nc2cccc(NC(=O)c3ccco3)c2)cc1I. The summed E-state index contributed by atoms with van der Waals surface area (Å²) in [7, 11) is 0. The first-order valence-corrected chi connectivity index (χ1v) is 8.63. The molecule has 1 aromatic heterocycles. The van der Waals surface area contributed by atoms with Crippen LogP contribution in [0.2, 0.25) is 0 Å². The van der Waals surface area contributed by atoms with Gasteiger partial charge in [0, 0.05) is 20.5 Å². The molecule has 0 aliphatic rings. The lowest BCUT2D eigenvalue weighted by atomic mass is 10.1. The smallest absolute Gasteiger partial charge is 0.291 e. The molecule has 3 rings (SSSR count). The van der Waals surface area contributed by atoms with Crippen molar-refractivity contribution in [1.82, 2.24) is 0 Å². The summed E-state index contributed by atoms with van der Waals surface area (Å²) in [4.78, 5) is 24.4. The molecule has 126 valence electrons. The molecule has 0 radical (unpaired) electrons. The predicted octanol–water partition coefficient (Wildman–Crippen LogP) is 4.70. The molecule has 0 unspecified atom stereocenters. The Hall–Kier alpha value is -2.61. The lowest BCUT2D eigenvalue weighted by Crippen LogP contribution is -2.13. The molecule has 1 heterocycles. The Balaban J connectivity index is 1.72. The maximum absolute atomic E-state index is 12.4. The average Bonchev–Trinajstić information content (AvgIpc) is 3.12. The summed E-state index contributed by atoms with van der Waals surface area (Å²) in [5.74, 6) is -0.322. The zero-order valence-corrected chi connectivity index (χ0v) is 15.5. The molecular formula is C19H15IN2O3. The highest BCUT2D eigenvalue weighted by atomic mass is 127. The van der Waals surface area contributed by atoms with Gasteiger partial charge in [0.25, 0.3) is 11.8 Å². The van der Waals surface area contributed by atoms with Gasteiger partial charge in [-0.1, -0.05) is 12.1 Å². The normalized spacial score (nSPS) is 10.3. The van der Waals surface area contributed by atoms with E-state index in [9.17, 15) is 9.59 Å². The molecule has 25 heavy (non-hydrogen) atoms. The van der Waals surface area contributed by atoms with E-state index in [1.54, 1.807) is 42.5 Å². The van der Waals surface area contributed by atoms with Gasteiger partial charge in [0.2, 0.25) is 0 Å². The maximum atomic E-state index is 12.4. The van der Waals surface area contributed by atoms with Crippen LogP contribution in [-0.4, -0.2) is 11.8 Å². The molecule has 2 amide bonds. The van der Waals surface area contributed by atoms with Crippen molar-refractivity contribution in [3.63, 3.8) is 0 Å². The van der Waals surface area contributed by atoms with Gasteiger partial charge in [0.1, 0.15) is 0 Å². The quantitative estimate of drug-likeness (QED) is 0.571. The summed E-state index contributed by atoms with van der Waals surface area (Å²) in [5, 5.41) is 5.57. The minimum atomic E-state index is -0.346. The van der Waals surface area contributed by atoms with E-state index in [1.165, 1.54) is 6.26 Å². The second-order valence-electron chi connectivity index (χ2n) is 5.43. The minimum absolute atomic E-state index is 0.201. The van der Waals surface area contributed by atoms with Crippen LogP contribution in [0.25, 0.3) is 0 Å². The molecule has 2 aromatic carbocycles.